The Kier molecular flexibility index (Phi) is 6.37. The van der Waals surface area contributed by atoms with E-state index in [0.717, 1.165) is 24.0 Å². The van der Waals surface area contributed by atoms with Crippen molar-refractivity contribution in [2.45, 2.75) is 26.2 Å². The van der Waals surface area contributed by atoms with Gasteiger partial charge < -0.3 is 10.6 Å². The van der Waals surface area contributed by atoms with Crippen molar-refractivity contribution in [1.82, 2.24) is 10.6 Å². The van der Waals surface area contributed by atoms with Gasteiger partial charge >= 0.3 is 0 Å². The van der Waals surface area contributed by atoms with Crippen molar-refractivity contribution in [3.8, 4) is 0 Å². The van der Waals surface area contributed by atoms with Crippen LogP contribution in [0.3, 0.4) is 0 Å². The van der Waals surface area contributed by atoms with Crippen molar-refractivity contribution in [1.29, 1.82) is 0 Å². The number of allylic oxidation sites excluding steroid dienone is 2. The van der Waals surface area contributed by atoms with Crippen molar-refractivity contribution in [3.63, 3.8) is 0 Å². The number of hydrogen-bond acceptors (Lipinski definition) is 3. The number of carbonyl (C=O) groups excluding carboxylic acids is 3. The molecule has 1 aliphatic carbocycles. The van der Waals surface area contributed by atoms with E-state index in [1.807, 2.05) is 37.3 Å². The van der Waals surface area contributed by atoms with Gasteiger partial charge in [-0.1, -0.05) is 35.9 Å². The second-order valence-corrected chi connectivity index (χ2v) is 6.90. The standard InChI is InChI=1S/C23H24N2O3/c1-16-20(11-12-21(16)26)15-17-7-9-19(10-8-17)23(28)25-14-13-24-22(27)18-5-3-2-4-6-18/h2-10H,11-15H2,1H3,(H,24,27)(H,25,28). The Morgan fingerprint density at radius 2 is 1.39 bits per heavy atom. The lowest BCUT2D eigenvalue weighted by Gasteiger charge is -2.08. The summed E-state index contributed by atoms with van der Waals surface area (Å²) in [7, 11) is 0. The molecule has 28 heavy (non-hydrogen) atoms. The van der Waals surface area contributed by atoms with Crippen LogP contribution >= 0.6 is 0 Å². The van der Waals surface area contributed by atoms with E-state index in [0.29, 0.717) is 30.6 Å². The zero-order chi connectivity index (χ0) is 19.9. The van der Waals surface area contributed by atoms with Crippen LogP contribution in [0, 0.1) is 0 Å². The van der Waals surface area contributed by atoms with Crippen LogP contribution in [0.4, 0.5) is 0 Å². The van der Waals surface area contributed by atoms with E-state index < -0.39 is 0 Å². The van der Waals surface area contributed by atoms with Crippen LogP contribution in [0.2, 0.25) is 0 Å². The third-order valence-electron chi connectivity index (χ3n) is 4.97. The van der Waals surface area contributed by atoms with Crippen molar-refractivity contribution in [2.24, 2.45) is 0 Å². The van der Waals surface area contributed by atoms with Gasteiger partial charge in [-0.15, -0.1) is 0 Å². The maximum atomic E-state index is 12.2. The molecule has 2 amide bonds. The fourth-order valence-electron chi connectivity index (χ4n) is 3.22. The Bertz CT molecular complexity index is 899. The molecule has 0 aliphatic heterocycles. The van der Waals surface area contributed by atoms with Crippen molar-refractivity contribution in [3.05, 3.63) is 82.4 Å². The van der Waals surface area contributed by atoms with Gasteiger partial charge in [0.15, 0.2) is 5.78 Å². The van der Waals surface area contributed by atoms with E-state index >= 15 is 0 Å². The molecule has 0 bridgehead atoms. The summed E-state index contributed by atoms with van der Waals surface area (Å²) >= 11 is 0. The number of carbonyl (C=O) groups is 3. The molecule has 5 heteroatoms. The van der Waals surface area contributed by atoms with Crippen molar-refractivity contribution >= 4 is 17.6 Å². The SMILES string of the molecule is CC1=C(Cc2ccc(C(=O)NCCNC(=O)c3ccccc3)cc2)CCC1=O. The van der Waals surface area contributed by atoms with E-state index in [9.17, 15) is 14.4 Å². The normalized spacial score (nSPS) is 13.5. The molecule has 0 fully saturated rings. The molecule has 144 valence electrons. The number of rotatable bonds is 7. The minimum atomic E-state index is -0.174. The molecule has 0 aromatic heterocycles. The number of Topliss-reactive ketones (excluding diaryl/α,β-unsaturated/α-hetero) is 1. The zero-order valence-corrected chi connectivity index (χ0v) is 16.0. The molecule has 2 N–H and O–H groups in total. The minimum absolute atomic E-state index is 0.158. The van der Waals surface area contributed by atoms with Gasteiger partial charge in [-0.25, -0.2) is 0 Å². The third kappa shape index (κ3) is 4.94. The molecule has 0 atom stereocenters. The summed E-state index contributed by atoms with van der Waals surface area (Å²) in [6.45, 7) is 2.61. The predicted octanol–water partition coefficient (Wildman–Crippen LogP) is 3.07. The van der Waals surface area contributed by atoms with Crippen LogP contribution in [0.15, 0.2) is 65.7 Å². The summed E-state index contributed by atoms with van der Waals surface area (Å²) in [5.74, 6) is -0.0912. The fourth-order valence-corrected chi connectivity index (χ4v) is 3.22. The average Bonchev–Trinajstić information content (AvgIpc) is 3.04. The molecule has 0 saturated carbocycles. The Balaban J connectivity index is 1.45. The van der Waals surface area contributed by atoms with Gasteiger partial charge in [0.1, 0.15) is 0 Å². The number of hydrogen-bond donors (Lipinski definition) is 2. The molecule has 0 radical (unpaired) electrons. The molecule has 0 saturated heterocycles. The minimum Gasteiger partial charge on any atom is -0.350 e. The van der Waals surface area contributed by atoms with Crippen LogP contribution < -0.4 is 10.6 Å². The summed E-state index contributed by atoms with van der Waals surface area (Å²) < 4.78 is 0. The second-order valence-electron chi connectivity index (χ2n) is 6.90. The lowest BCUT2D eigenvalue weighted by atomic mass is 10.0. The second kappa shape index (κ2) is 9.13. The van der Waals surface area contributed by atoms with Crippen LogP contribution in [-0.4, -0.2) is 30.7 Å². The predicted molar refractivity (Wildman–Crippen MR) is 108 cm³/mol. The Morgan fingerprint density at radius 3 is 1.93 bits per heavy atom. The van der Waals surface area contributed by atoms with Crippen LogP contribution in [0.25, 0.3) is 0 Å². The summed E-state index contributed by atoms with van der Waals surface area (Å²) in [6, 6.07) is 16.4. The highest BCUT2D eigenvalue weighted by Crippen LogP contribution is 2.25. The lowest BCUT2D eigenvalue weighted by molar-refractivity contribution is -0.114. The van der Waals surface area contributed by atoms with E-state index in [1.165, 1.54) is 5.57 Å². The van der Waals surface area contributed by atoms with E-state index in [-0.39, 0.29) is 17.6 Å². The number of benzene rings is 2. The quantitative estimate of drug-likeness (QED) is 0.729. The Morgan fingerprint density at radius 1 is 0.821 bits per heavy atom. The van der Waals surface area contributed by atoms with Gasteiger partial charge in [0.25, 0.3) is 11.8 Å². The van der Waals surface area contributed by atoms with E-state index in [1.54, 1.807) is 24.3 Å². The number of amides is 2. The first kappa shape index (κ1) is 19.5. The van der Waals surface area contributed by atoms with Gasteiger partial charge in [-0.05, 0) is 55.2 Å². The van der Waals surface area contributed by atoms with E-state index in [2.05, 4.69) is 10.6 Å². The topological polar surface area (TPSA) is 75.3 Å². The third-order valence-corrected chi connectivity index (χ3v) is 4.97. The molecule has 0 spiro atoms. The molecule has 2 aromatic rings. The Labute approximate surface area is 164 Å². The van der Waals surface area contributed by atoms with Crippen LogP contribution in [0.5, 0.6) is 0 Å². The first-order valence-corrected chi connectivity index (χ1v) is 9.47. The van der Waals surface area contributed by atoms with Crippen LogP contribution in [-0.2, 0) is 11.2 Å². The lowest BCUT2D eigenvalue weighted by Crippen LogP contribution is -2.34. The maximum Gasteiger partial charge on any atom is 0.251 e. The highest BCUT2D eigenvalue weighted by Gasteiger charge is 2.19. The summed E-state index contributed by atoms with van der Waals surface area (Å²) in [6.07, 6.45) is 2.20. The molecule has 5 nitrogen and oxygen atoms in total. The molecular formula is C23H24N2O3. The zero-order valence-electron chi connectivity index (χ0n) is 16.0. The number of nitrogens with one attached hydrogen (secondary N) is 2. The summed E-state index contributed by atoms with van der Waals surface area (Å²) in [5, 5.41) is 5.58. The monoisotopic (exact) mass is 376 g/mol. The number of ketones is 1. The molecule has 1 aliphatic rings. The maximum absolute atomic E-state index is 12.2. The van der Waals surface area contributed by atoms with Gasteiger partial charge in [0, 0.05) is 30.6 Å². The molecule has 0 heterocycles. The first-order valence-electron chi connectivity index (χ1n) is 9.47. The van der Waals surface area contributed by atoms with Gasteiger partial charge in [0.05, 0.1) is 0 Å². The molecule has 2 aromatic carbocycles. The summed E-state index contributed by atoms with van der Waals surface area (Å²) in [4.78, 5) is 35.8. The Hall–Kier alpha value is -3.21. The molecule has 0 unspecified atom stereocenters. The van der Waals surface area contributed by atoms with Gasteiger partial charge in [-0.3, -0.25) is 14.4 Å². The highest BCUT2D eigenvalue weighted by molar-refractivity contribution is 5.98. The average molecular weight is 376 g/mol. The smallest absolute Gasteiger partial charge is 0.251 e. The highest BCUT2D eigenvalue weighted by atomic mass is 16.2. The van der Waals surface area contributed by atoms with Crippen molar-refractivity contribution < 1.29 is 14.4 Å². The largest absolute Gasteiger partial charge is 0.350 e. The first-order chi connectivity index (χ1) is 13.5. The van der Waals surface area contributed by atoms with Crippen molar-refractivity contribution in [2.75, 3.05) is 13.1 Å². The van der Waals surface area contributed by atoms with Gasteiger partial charge in [-0.2, -0.15) is 0 Å². The van der Waals surface area contributed by atoms with Gasteiger partial charge in [0.2, 0.25) is 0 Å². The fraction of sp³-hybridized carbons (Fsp3) is 0.261. The summed E-state index contributed by atoms with van der Waals surface area (Å²) in [5.41, 5.74) is 4.34. The van der Waals surface area contributed by atoms with Crippen LogP contribution in [0.1, 0.15) is 46.0 Å². The molecular weight excluding hydrogens is 352 g/mol. The van der Waals surface area contributed by atoms with E-state index in [4.69, 9.17) is 0 Å². The molecule has 3 rings (SSSR count).